The van der Waals surface area contributed by atoms with Gasteiger partial charge in [-0.25, -0.2) is 0 Å². The van der Waals surface area contributed by atoms with E-state index in [0.29, 0.717) is 28.9 Å². The number of nitrogens with two attached hydrogens (primary N) is 1. The molecule has 18 heavy (non-hydrogen) atoms. The van der Waals surface area contributed by atoms with Crippen molar-refractivity contribution in [2.75, 3.05) is 13.2 Å². The van der Waals surface area contributed by atoms with Crippen molar-refractivity contribution in [1.82, 2.24) is 0 Å². The van der Waals surface area contributed by atoms with Gasteiger partial charge in [-0.3, -0.25) is 0 Å². The number of benzene rings is 1. The van der Waals surface area contributed by atoms with Gasteiger partial charge in [-0.05, 0) is 42.5 Å². The lowest BCUT2D eigenvalue weighted by Gasteiger charge is -2.32. The quantitative estimate of drug-likeness (QED) is 0.842. The summed E-state index contributed by atoms with van der Waals surface area (Å²) in [6.45, 7) is 4.74. The molecule has 4 heteroatoms. The number of hydrogen-bond donors (Lipinski definition) is 2. The van der Waals surface area contributed by atoms with Crippen LogP contribution in [0.1, 0.15) is 25.8 Å². The second-order valence-corrected chi connectivity index (χ2v) is 6.22. The number of rotatable bonds is 6. The van der Waals surface area contributed by atoms with Crippen molar-refractivity contribution in [3.63, 3.8) is 0 Å². The fraction of sp³-hybridized carbons (Fsp3) is 0.571. The minimum Gasteiger partial charge on any atom is -0.396 e. The van der Waals surface area contributed by atoms with E-state index in [2.05, 4.69) is 13.8 Å². The SMILES string of the molecule is CC(C)CC(CN)(CO)Cc1cc(Cl)ccc1Cl. The summed E-state index contributed by atoms with van der Waals surface area (Å²) in [4.78, 5) is 0. The second kappa shape index (κ2) is 6.76. The van der Waals surface area contributed by atoms with E-state index in [0.717, 1.165) is 12.0 Å². The zero-order valence-electron chi connectivity index (χ0n) is 10.9. The minimum atomic E-state index is -0.317. The molecule has 3 N–H and O–H groups in total. The van der Waals surface area contributed by atoms with Crippen molar-refractivity contribution >= 4 is 23.2 Å². The van der Waals surface area contributed by atoms with Crippen molar-refractivity contribution in [3.05, 3.63) is 33.8 Å². The molecule has 1 atom stereocenters. The van der Waals surface area contributed by atoms with E-state index in [4.69, 9.17) is 28.9 Å². The highest BCUT2D eigenvalue weighted by Gasteiger charge is 2.30. The maximum absolute atomic E-state index is 9.69. The molecule has 0 fully saturated rings. The fourth-order valence-electron chi connectivity index (χ4n) is 2.36. The van der Waals surface area contributed by atoms with Gasteiger partial charge in [0.2, 0.25) is 0 Å². The van der Waals surface area contributed by atoms with Crippen LogP contribution < -0.4 is 5.73 Å². The highest BCUT2D eigenvalue weighted by Crippen LogP contribution is 2.33. The first-order valence-electron chi connectivity index (χ1n) is 6.17. The van der Waals surface area contributed by atoms with Gasteiger partial charge < -0.3 is 10.8 Å². The van der Waals surface area contributed by atoms with Crippen molar-refractivity contribution in [3.8, 4) is 0 Å². The van der Waals surface area contributed by atoms with Gasteiger partial charge in [-0.2, -0.15) is 0 Å². The third-order valence-electron chi connectivity index (χ3n) is 3.18. The molecule has 102 valence electrons. The van der Waals surface area contributed by atoms with Crippen LogP contribution in [0.25, 0.3) is 0 Å². The van der Waals surface area contributed by atoms with Crippen LogP contribution in [0.2, 0.25) is 10.0 Å². The maximum Gasteiger partial charge on any atom is 0.0502 e. The van der Waals surface area contributed by atoms with Crippen LogP contribution in [-0.4, -0.2) is 18.3 Å². The highest BCUT2D eigenvalue weighted by atomic mass is 35.5. The molecule has 0 spiro atoms. The summed E-state index contributed by atoms with van der Waals surface area (Å²) in [5.41, 5.74) is 6.50. The summed E-state index contributed by atoms with van der Waals surface area (Å²) in [6.07, 6.45) is 1.51. The van der Waals surface area contributed by atoms with Crippen LogP contribution in [0.4, 0.5) is 0 Å². The van der Waals surface area contributed by atoms with Crippen molar-refractivity contribution < 1.29 is 5.11 Å². The molecule has 0 aliphatic rings. The summed E-state index contributed by atoms with van der Waals surface area (Å²) in [5.74, 6) is 0.471. The van der Waals surface area contributed by atoms with Gasteiger partial charge in [0.1, 0.15) is 0 Å². The predicted octanol–water partition coefficient (Wildman–Crippen LogP) is 3.52. The zero-order valence-corrected chi connectivity index (χ0v) is 12.4. The fourth-order valence-corrected chi connectivity index (χ4v) is 2.74. The first kappa shape index (κ1) is 15.8. The largest absolute Gasteiger partial charge is 0.396 e. The Morgan fingerprint density at radius 3 is 2.50 bits per heavy atom. The Morgan fingerprint density at radius 2 is 2.00 bits per heavy atom. The topological polar surface area (TPSA) is 46.2 Å². The Hall–Kier alpha value is -0.280. The highest BCUT2D eigenvalue weighted by molar-refractivity contribution is 6.33. The van der Waals surface area contributed by atoms with Gasteiger partial charge in [0.05, 0.1) is 6.61 Å². The van der Waals surface area contributed by atoms with Gasteiger partial charge in [0.15, 0.2) is 0 Å². The molecule has 1 aromatic rings. The normalized spacial score (nSPS) is 14.8. The van der Waals surface area contributed by atoms with E-state index in [-0.39, 0.29) is 12.0 Å². The molecule has 0 heterocycles. The Labute approximate surface area is 119 Å². The van der Waals surface area contributed by atoms with Crippen molar-refractivity contribution in [1.29, 1.82) is 0 Å². The third-order valence-corrected chi connectivity index (χ3v) is 3.79. The average molecular weight is 290 g/mol. The van der Waals surface area contributed by atoms with Crippen molar-refractivity contribution in [2.24, 2.45) is 17.1 Å². The molecule has 0 aliphatic heterocycles. The number of hydrogen-bond acceptors (Lipinski definition) is 2. The molecule has 0 aliphatic carbocycles. The minimum absolute atomic E-state index is 0.0600. The lowest BCUT2D eigenvalue weighted by molar-refractivity contribution is 0.108. The lowest BCUT2D eigenvalue weighted by Crippen LogP contribution is -2.37. The molecule has 0 saturated heterocycles. The monoisotopic (exact) mass is 289 g/mol. The molecule has 0 bridgehead atoms. The van der Waals surface area contributed by atoms with Crippen LogP contribution in [0.15, 0.2) is 18.2 Å². The molecular formula is C14H21Cl2NO. The van der Waals surface area contributed by atoms with Crippen LogP contribution in [0.3, 0.4) is 0 Å². The molecule has 0 saturated carbocycles. The Balaban J connectivity index is 2.98. The van der Waals surface area contributed by atoms with E-state index in [9.17, 15) is 5.11 Å². The smallest absolute Gasteiger partial charge is 0.0502 e. The van der Waals surface area contributed by atoms with Crippen LogP contribution in [0.5, 0.6) is 0 Å². The van der Waals surface area contributed by atoms with Crippen LogP contribution in [-0.2, 0) is 6.42 Å². The molecule has 1 aromatic carbocycles. The summed E-state index contributed by atoms with van der Waals surface area (Å²) in [6, 6.07) is 5.40. The standard InChI is InChI=1S/C14H21Cl2NO/c1-10(2)6-14(8-17,9-18)7-11-5-12(15)3-4-13(11)16/h3-5,10,18H,6-9,17H2,1-2H3. The molecule has 1 rings (SSSR count). The van der Waals surface area contributed by atoms with Crippen molar-refractivity contribution in [2.45, 2.75) is 26.7 Å². The Kier molecular flexibility index (Phi) is 5.93. The van der Waals surface area contributed by atoms with Gasteiger partial charge in [0.25, 0.3) is 0 Å². The van der Waals surface area contributed by atoms with Crippen LogP contribution >= 0.6 is 23.2 Å². The van der Waals surface area contributed by atoms with E-state index >= 15 is 0 Å². The summed E-state index contributed by atoms with van der Waals surface area (Å²) in [7, 11) is 0. The molecule has 1 unspecified atom stereocenters. The second-order valence-electron chi connectivity index (χ2n) is 5.37. The lowest BCUT2D eigenvalue weighted by atomic mass is 9.76. The zero-order chi connectivity index (χ0) is 13.8. The summed E-state index contributed by atoms with van der Waals surface area (Å²) in [5, 5.41) is 11.0. The maximum atomic E-state index is 9.69. The van der Waals surface area contributed by atoms with E-state index in [1.807, 2.05) is 6.07 Å². The molecule has 0 amide bonds. The van der Waals surface area contributed by atoms with Gasteiger partial charge in [0, 0.05) is 22.0 Å². The molecule has 0 radical (unpaired) electrons. The predicted molar refractivity (Wildman–Crippen MR) is 78.2 cm³/mol. The Morgan fingerprint density at radius 1 is 1.33 bits per heavy atom. The van der Waals surface area contributed by atoms with Gasteiger partial charge in [-0.15, -0.1) is 0 Å². The number of aliphatic hydroxyl groups is 1. The van der Waals surface area contributed by atoms with E-state index < -0.39 is 0 Å². The van der Waals surface area contributed by atoms with Gasteiger partial charge >= 0.3 is 0 Å². The van der Waals surface area contributed by atoms with E-state index in [1.54, 1.807) is 12.1 Å². The summed E-state index contributed by atoms with van der Waals surface area (Å²) >= 11 is 12.2. The first-order valence-corrected chi connectivity index (χ1v) is 6.93. The average Bonchev–Trinajstić information content (AvgIpc) is 2.32. The number of halogens is 2. The van der Waals surface area contributed by atoms with Crippen LogP contribution in [0, 0.1) is 11.3 Å². The molecule has 0 aromatic heterocycles. The van der Waals surface area contributed by atoms with E-state index in [1.165, 1.54) is 0 Å². The molecular weight excluding hydrogens is 269 g/mol. The third kappa shape index (κ3) is 4.13. The Bertz CT molecular complexity index is 389. The van der Waals surface area contributed by atoms with Gasteiger partial charge in [-0.1, -0.05) is 37.0 Å². The molecule has 2 nitrogen and oxygen atoms in total. The summed E-state index contributed by atoms with van der Waals surface area (Å²) < 4.78 is 0. The number of aliphatic hydroxyl groups excluding tert-OH is 1. The first-order chi connectivity index (χ1) is 8.42.